The normalized spacial score (nSPS) is 10.8. The largest absolute Gasteiger partial charge is 0.508 e. The quantitative estimate of drug-likeness (QED) is 0.423. The first kappa shape index (κ1) is 15.7. The number of amides is 1. The number of nitrogens with one attached hydrogen (secondary N) is 2. The van der Waals surface area contributed by atoms with E-state index in [-0.39, 0.29) is 17.4 Å². The smallest absolute Gasteiger partial charge is 0.257 e. The maximum absolute atomic E-state index is 12.7. The number of hydrogen-bond donors (Lipinski definition) is 4. The second-order valence-corrected chi connectivity index (χ2v) is 5.81. The summed E-state index contributed by atoms with van der Waals surface area (Å²) >= 11 is 0. The summed E-state index contributed by atoms with van der Waals surface area (Å²) in [5.74, 6) is 0.360. The fourth-order valence-electron chi connectivity index (χ4n) is 2.74. The van der Waals surface area contributed by atoms with Crippen molar-refractivity contribution in [2.24, 2.45) is 0 Å². The van der Waals surface area contributed by atoms with E-state index in [0.717, 1.165) is 5.56 Å². The number of hydrogen-bond acceptors (Lipinski definition) is 4. The predicted molar refractivity (Wildman–Crippen MR) is 99.3 cm³/mol. The average Bonchev–Trinajstić information content (AvgIpc) is 3.11. The molecule has 0 aliphatic carbocycles. The lowest BCUT2D eigenvalue weighted by molar-refractivity contribution is 0.102. The summed E-state index contributed by atoms with van der Waals surface area (Å²) in [7, 11) is 0. The van der Waals surface area contributed by atoms with Gasteiger partial charge in [-0.15, -0.1) is 0 Å². The molecule has 0 aliphatic rings. The first-order chi connectivity index (χ1) is 12.6. The van der Waals surface area contributed by atoms with E-state index >= 15 is 0 Å². The molecule has 4 aromatic rings. The highest BCUT2D eigenvalue weighted by molar-refractivity contribution is 6.12. The van der Waals surface area contributed by atoms with Gasteiger partial charge in [-0.25, -0.2) is 4.98 Å². The Kier molecular flexibility index (Phi) is 3.78. The Balaban J connectivity index is 1.75. The molecule has 0 aliphatic heterocycles. The van der Waals surface area contributed by atoms with Gasteiger partial charge >= 0.3 is 0 Å². The second-order valence-electron chi connectivity index (χ2n) is 5.81. The summed E-state index contributed by atoms with van der Waals surface area (Å²) in [5.41, 5.74) is 2.53. The lowest BCUT2D eigenvalue weighted by atomic mass is 10.1. The van der Waals surface area contributed by atoms with Crippen molar-refractivity contribution in [3.05, 3.63) is 72.3 Å². The summed E-state index contributed by atoms with van der Waals surface area (Å²) in [5, 5.41) is 22.2. The Bertz CT molecular complexity index is 1090. The number of benzene rings is 3. The van der Waals surface area contributed by atoms with Crippen LogP contribution in [-0.2, 0) is 0 Å². The van der Waals surface area contributed by atoms with Gasteiger partial charge in [0.15, 0.2) is 0 Å². The van der Waals surface area contributed by atoms with E-state index in [1.165, 1.54) is 24.3 Å². The van der Waals surface area contributed by atoms with E-state index < -0.39 is 0 Å². The molecule has 0 fully saturated rings. The van der Waals surface area contributed by atoms with Crippen LogP contribution in [0.4, 0.5) is 5.69 Å². The highest BCUT2D eigenvalue weighted by Crippen LogP contribution is 2.29. The molecule has 0 saturated carbocycles. The molecule has 128 valence electrons. The van der Waals surface area contributed by atoms with Gasteiger partial charge in [-0.1, -0.05) is 30.3 Å². The van der Waals surface area contributed by atoms with Gasteiger partial charge in [0.2, 0.25) is 0 Å². The van der Waals surface area contributed by atoms with Crippen molar-refractivity contribution in [2.75, 3.05) is 5.32 Å². The van der Waals surface area contributed by atoms with Crippen molar-refractivity contribution in [3.8, 4) is 22.9 Å². The van der Waals surface area contributed by atoms with Crippen molar-refractivity contribution < 1.29 is 15.0 Å². The monoisotopic (exact) mass is 345 g/mol. The number of H-pyrrole nitrogens is 1. The minimum Gasteiger partial charge on any atom is -0.508 e. The zero-order valence-electron chi connectivity index (χ0n) is 13.6. The van der Waals surface area contributed by atoms with Crippen LogP contribution in [-0.4, -0.2) is 26.1 Å². The van der Waals surface area contributed by atoms with Crippen LogP contribution >= 0.6 is 0 Å². The number of rotatable bonds is 3. The van der Waals surface area contributed by atoms with Crippen molar-refractivity contribution in [1.82, 2.24) is 9.97 Å². The molecule has 3 aromatic carbocycles. The van der Waals surface area contributed by atoms with Crippen LogP contribution in [0.2, 0.25) is 0 Å². The Hall–Kier alpha value is -3.80. The highest BCUT2D eigenvalue weighted by atomic mass is 16.3. The van der Waals surface area contributed by atoms with Crippen LogP contribution in [0.25, 0.3) is 22.4 Å². The molecule has 0 spiro atoms. The Morgan fingerprint density at radius 1 is 0.923 bits per heavy atom. The fourth-order valence-corrected chi connectivity index (χ4v) is 2.74. The van der Waals surface area contributed by atoms with Gasteiger partial charge in [0.1, 0.15) is 28.4 Å². The summed E-state index contributed by atoms with van der Waals surface area (Å²) in [6.45, 7) is 0. The van der Waals surface area contributed by atoms with E-state index in [2.05, 4.69) is 15.3 Å². The Labute approximate surface area is 148 Å². The molecule has 4 rings (SSSR count). The molecule has 0 bridgehead atoms. The maximum atomic E-state index is 12.7. The molecule has 4 N–H and O–H groups in total. The third kappa shape index (κ3) is 2.84. The number of phenols is 2. The summed E-state index contributed by atoms with van der Waals surface area (Å²) in [6.07, 6.45) is 0. The number of aromatic hydroxyl groups is 2. The average molecular weight is 345 g/mol. The van der Waals surface area contributed by atoms with Crippen LogP contribution in [0.15, 0.2) is 66.7 Å². The fraction of sp³-hybridized carbons (Fsp3) is 0. The van der Waals surface area contributed by atoms with Gasteiger partial charge in [0, 0.05) is 11.3 Å². The topological polar surface area (TPSA) is 98.2 Å². The van der Waals surface area contributed by atoms with Gasteiger partial charge in [-0.2, -0.15) is 0 Å². The number of phenolic OH excluding ortho intramolecular Hbond substituents is 2. The number of fused-ring (bicyclic) bond motifs is 1. The lowest BCUT2D eigenvalue weighted by Crippen LogP contribution is -2.12. The lowest BCUT2D eigenvalue weighted by Gasteiger charge is -2.06. The first-order valence-corrected chi connectivity index (χ1v) is 7.99. The molecule has 6 heteroatoms. The van der Waals surface area contributed by atoms with E-state index in [4.69, 9.17) is 0 Å². The number of imidazole rings is 1. The second kappa shape index (κ2) is 6.25. The molecule has 1 aromatic heterocycles. The summed E-state index contributed by atoms with van der Waals surface area (Å²) in [4.78, 5) is 20.2. The number of aromatic nitrogens is 2. The summed E-state index contributed by atoms with van der Waals surface area (Å²) in [6, 6.07) is 18.6. The van der Waals surface area contributed by atoms with Gasteiger partial charge < -0.3 is 20.5 Å². The van der Waals surface area contributed by atoms with Gasteiger partial charge in [-0.05, 0) is 36.4 Å². The van der Waals surface area contributed by atoms with Crippen LogP contribution < -0.4 is 5.32 Å². The van der Waals surface area contributed by atoms with Crippen LogP contribution in [0.5, 0.6) is 11.5 Å². The van der Waals surface area contributed by atoms with Crippen LogP contribution in [0.1, 0.15) is 10.4 Å². The molecular formula is C20H15N3O3. The van der Waals surface area contributed by atoms with E-state index in [0.29, 0.717) is 28.1 Å². The molecular weight excluding hydrogens is 330 g/mol. The molecule has 0 saturated heterocycles. The molecule has 1 amide bonds. The number of nitrogens with zero attached hydrogens (tertiary/aromatic N) is 1. The van der Waals surface area contributed by atoms with Crippen molar-refractivity contribution in [2.45, 2.75) is 0 Å². The molecule has 0 atom stereocenters. The zero-order valence-corrected chi connectivity index (χ0v) is 13.6. The minimum absolute atomic E-state index is 0.0239. The van der Waals surface area contributed by atoms with Crippen molar-refractivity contribution >= 4 is 22.6 Å². The third-order valence-electron chi connectivity index (χ3n) is 4.04. The number of carbonyl (C=O) groups is 1. The Morgan fingerprint density at radius 2 is 1.65 bits per heavy atom. The third-order valence-corrected chi connectivity index (χ3v) is 4.04. The van der Waals surface area contributed by atoms with Gasteiger partial charge in [-0.3, -0.25) is 4.79 Å². The van der Waals surface area contributed by atoms with E-state index in [1.54, 1.807) is 12.1 Å². The Morgan fingerprint density at radius 3 is 2.38 bits per heavy atom. The van der Waals surface area contributed by atoms with Gasteiger partial charge in [0.25, 0.3) is 5.91 Å². The molecule has 0 unspecified atom stereocenters. The maximum Gasteiger partial charge on any atom is 0.257 e. The standard InChI is InChI=1S/C20H15N3O3/c24-14-8-6-13(7-9-14)21-20(26)15-10-11-16(25)18-17(15)22-19(23-18)12-4-2-1-3-5-12/h1-11,24-25H,(H,21,26)(H,22,23). The number of aromatic amines is 1. The minimum atomic E-state index is -0.355. The SMILES string of the molecule is O=C(Nc1ccc(O)cc1)c1ccc(O)c2[nH]c(-c3ccccc3)nc12. The van der Waals surface area contributed by atoms with E-state index in [1.807, 2.05) is 30.3 Å². The molecule has 26 heavy (non-hydrogen) atoms. The number of carbonyl (C=O) groups excluding carboxylic acids is 1. The van der Waals surface area contributed by atoms with E-state index in [9.17, 15) is 15.0 Å². The van der Waals surface area contributed by atoms with Crippen LogP contribution in [0.3, 0.4) is 0 Å². The van der Waals surface area contributed by atoms with Crippen molar-refractivity contribution in [3.63, 3.8) is 0 Å². The van der Waals surface area contributed by atoms with Gasteiger partial charge in [0.05, 0.1) is 5.56 Å². The first-order valence-electron chi connectivity index (χ1n) is 7.99. The zero-order chi connectivity index (χ0) is 18.1. The van der Waals surface area contributed by atoms with Crippen molar-refractivity contribution in [1.29, 1.82) is 0 Å². The molecule has 0 radical (unpaired) electrons. The molecule has 6 nitrogen and oxygen atoms in total. The summed E-state index contributed by atoms with van der Waals surface area (Å²) < 4.78 is 0. The highest BCUT2D eigenvalue weighted by Gasteiger charge is 2.17. The van der Waals surface area contributed by atoms with Crippen LogP contribution in [0, 0.1) is 0 Å². The predicted octanol–water partition coefficient (Wildman–Crippen LogP) is 3.89. The number of anilines is 1. The molecule has 1 heterocycles.